The first-order chi connectivity index (χ1) is 7.68. The van der Waals surface area contributed by atoms with Crippen LogP contribution >= 0.6 is 0 Å². The maximum absolute atomic E-state index is 11.9. The smallest absolute Gasteiger partial charge is 0.224 e. The normalized spacial score (nSPS) is 38.9. The van der Waals surface area contributed by atoms with E-state index in [1.165, 1.54) is 0 Å². The highest BCUT2D eigenvalue weighted by molar-refractivity contribution is 5.79. The molecular formula is C12H22N2O2. The van der Waals surface area contributed by atoms with Gasteiger partial charge in [-0.1, -0.05) is 13.3 Å². The number of rotatable bonds is 3. The Balaban J connectivity index is 1.75. The lowest BCUT2D eigenvalue weighted by molar-refractivity contribution is -0.125. The number of nitrogens with one attached hydrogen (secondary N) is 2. The SMILES string of the molecule is CC1CNCC1C(=O)NCC1CCCC1O. The summed E-state index contributed by atoms with van der Waals surface area (Å²) in [5.41, 5.74) is 0. The van der Waals surface area contributed by atoms with Crippen LogP contribution in [0.5, 0.6) is 0 Å². The van der Waals surface area contributed by atoms with Crippen molar-refractivity contribution < 1.29 is 9.90 Å². The van der Waals surface area contributed by atoms with E-state index < -0.39 is 0 Å². The molecule has 0 spiro atoms. The number of aliphatic hydroxyl groups is 1. The van der Waals surface area contributed by atoms with Crippen LogP contribution in [-0.2, 0) is 4.79 Å². The lowest BCUT2D eigenvalue weighted by Crippen LogP contribution is -2.38. The fourth-order valence-corrected chi connectivity index (χ4v) is 2.78. The van der Waals surface area contributed by atoms with Crippen LogP contribution in [0.15, 0.2) is 0 Å². The van der Waals surface area contributed by atoms with Gasteiger partial charge in [0.25, 0.3) is 0 Å². The van der Waals surface area contributed by atoms with Gasteiger partial charge in [0.05, 0.1) is 12.0 Å². The third-order valence-corrected chi connectivity index (χ3v) is 4.01. The lowest BCUT2D eigenvalue weighted by atomic mass is 9.97. The predicted octanol–water partition coefficient (Wildman–Crippen LogP) is 0.119. The second-order valence-electron chi connectivity index (χ2n) is 5.25. The monoisotopic (exact) mass is 226 g/mol. The molecule has 4 unspecified atom stereocenters. The average Bonchev–Trinajstić information content (AvgIpc) is 2.84. The van der Waals surface area contributed by atoms with Crippen LogP contribution in [0.2, 0.25) is 0 Å². The van der Waals surface area contributed by atoms with Gasteiger partial charge >= 0.3 is 0 Å². The summed E-state index contributed by atoms with van der Waals surface area (Å²) < 4.78 is 0. The maximum Gasteiger partial charge on any atom is 0.224 e. The summed E-state index contributed by atoms with van der Waals surface area (Å²) in [6.45, 7) is 4.47. The van der Waals surface area contributed by atoms with E-state index in [2.05, 4.69) is 17.6 Å². The number of carbonyl (C=O) groups excluding carboxylic acids is 1. The van der Waals surface area contributed by atoms with E-state index in [0.717, 1.165) is 32.4 Å². The van der Waals surface area contributed by atoms with Gasteiger partial charge in [0.1, 0.15) is 0 Å². The third-order valence-electron chi connectivity index (χ3n) is 4.01. The molecule has 4 nitrogen and oxygen atoms in total. The Morgan fingerprint density at radius 2 is 2.25 bits per heavy atom. The molecule has 92 valence electrons. The molecule has 4 heteroatoms. The summed E-state index contributed by atoms with van der Waals surface area (Å²) in [6, 6.07) is 0. The summed E-state index contributed by atoms with van der Waals surface area (Å²) in [5.74, 6) is 0.956. The summed E-state index contributed by atoms with van der Waals surface area (Å²) in [7, 11) is 0. The van der Waals surface area contributed by atoms with Crippen molar-refractivity contribution in [2.45, 2.75) is 32.3 Å². The van der Waals surface area contributed by atoms with Crippen molar-refractivity contribution in [3.8, 4) is 0 Å². The number of carbonyl (C=O) groups is 1. The third kappa shape index (κ3) is 2.55. The Hall–Kier alpha value is -0.610. The maximum atomic E-state index is 11.9. The number of amides is 1. The van der Waals surface area contributed by atoms with Gasteiger partial charge in [-0.25, -0.2) is 0 Å². The first-order valence-electron chi connectivity index (χ1n) is 6.35. The highest BCUT2D eigenvalue weighted by atomic mass is 16.3. The zero-order valence-corrected chi connectivity index (χ0v) is 9.91. The van der Waals surface area contributed by atoms with Crippen LogP contribution in [0.3, 0.4) is 0 Å². The predicted molar refractivity (Wildman–Crippen MR) is 61.9 cm³/mol. The molecule has 4 atom stereocenters. The van der Waals surface area contributed by atoms with Crippen molar-refractivity contribution in [1.29, 1.82) is 0 Å². The van der Waals surface area contributed by atoms with Crippen molar-refractivity contribution in [1.82, 2.24) is 10.6 Å². The molecule has 1 aliphatic carbocycles. The highest BCUT2D eigenvalue weighted by Gasteiger charge is 2.31. The number of hydrogen-bond donors (Lipinski definition) is 3. The van der Waals surface area contributed by atoms with Crippen LogP contribution < -0.4 is 10.6 Å². The Kier molecular flexibility index (Phi) is 3.82. The fraction of sp³-hybridized carbons (Fsp3) is 0.917. The molecule has 3 N–H and O–H groups in total. The molecule has 0 radical (unpaired) electrons. The molecular weight excluding hydrogens is 204 g/mol. The Morgan fingerprint density at radius 1 is 1.44 bits per heavy atom. The van der Waals surface area contributed by atoms with Crippen LogP contribution in [0.4, 0.5) is 0 Å². The minimum Gasteiger partial charge on any atom is -0.393 e. The summed E-state index contributed by atoms with van der Waals surface area (Å²) in [5, 5.41) is 15.9. The molecule has 0 aromatic rings. The molecule has 1 saturated carbocycles. The van der Waals surface area contributed by atoms with Gasteiger partial charge in [0, 0.05) is 19.0 Å². The molecule has 1 heterocycles. The van der Waals surface area contributed by atoms with E-state index in [1.807, 2.05) is 0 Å². The molecule has 0 bridgehead atoms. The first-order valence-corrected chi connectivity index (χ1v) is 6.35. The van der Waals surface area contributed by atoms with Crippen LogP contribution in [0.1, 0.15) is 26.2 Å². The quantitative estimate of drug-likeness (QED) is 0.640. The molecule has 0 aromatic carbocycles. The second-order valence-corrected chi connectivity index (χ2v) is 5.25. The van der Waals surface area contributed by atoms with Crippen molar-refractivity contribution in [3.05, 3.63) is 0 Å². The van der Waals surface area contributed by atoms with Gasteiger partial charge in [0.2, 0.25) is 5.91 Å². The van der Waals surface area contributed by atoms with E-state index in [1.54, 1.807) is 0 Å². The molecule has 1 saturated heterocycles. The minimum atomic E-state index is -0.209. The Morgan fingerprint density at radius 3 is 2.81 bits per heavy atom. The van der Waals surface area contributed by atoms with Crippen molar-refractivity contribution in [3.63, 3.8) is 0 Å². The molecule has 16 heavy (non-hydrogen) atoms. The van der Waals surface area contributed by atoms with Crippen LogP contribution in [0, 0.1) is 17.8 Å². The number of hydrogen-bond acceptors (Lipinski definition) is 3. The van der Waals surface area contributed by atoms with Gasteiger partial charge in [-0.15, -0.1) is 0 Å². The van der Waals surface area contributed by atoms with Gasteiger partial charge in [-0.3, -0.25) is 4.79 Å². The van der Waals surface area contributed by atoms with Crippen molar-refractivity contribution in [2.75, 3.05) is 19.6 Å². The summed E-state index contributed by atoms with van der Waals surface area (Å²) >= 11 is 0. The fourth-order valence-electron chi connectivity index (χ4n) is 2.78. The topological polar surface area (TPSA) is 61.4 Å². The molecule has 2 fully saturated rings. The lowest BCUT2D eigenvalue weighted by Gasteiger charge is -2.18. The van der Waals surface area contributed by atoms with Crippen LogP contribution in [-0.4, -0.2) is 36.8 Å². The highest BCUT2D eigenvalue weighted by Crippen LogP contribution is 2.25. The second kappa shape index (κ2) is 5.15. The zero-order chi connectivity index (χ0) is 11.5. The van der Waals surface area contributed by atoms with Crippen molar-refractivity contribution >= 4 is 5.91 Å². The van der Waals surface area contributed by atoms with Crippen LogP contribution in [0.25, 0.3) is 0 Å². The van der Waals surface area contributed by atoms with Gasteiger partial charge in [-0.2, -0.15) is 0 Å². The molecule has 2 rings (SSSR count). The molecule has 1 aliphatic heterocycles. The summed E-state index contributed by atoms with van der Waals surface area (Å²) in [6.07, 6.45) is 2.81. The van der Waals surface area contributed by atoms with E-state index in [-0.39, 0.29) is 23.8 Å². The minimum absolute atomic E-state index is 0.110. The molecule has 1 amide bonds. The largest absolute Gasteiger partial charge is 0.393 e. The zero-order valence-electron chi connectivity index (χ0n) is 9.91. The van der Waals surface area contributed by atoms with Crippen molar-refractivity contribution in [2.24, 2.45) is 17.8 Å². The van der Waals surface area contributed by atoms with E-state index >= 15 is 0 Å². The van der Waals surface area contributed by atoms with E-state index in [4.69, 9.17) is 0 Å². The summed E-state index contributed by atoms with van der Waals surface area (Å²) in [4.78, 5) is 11.9. The standard InChI is InChI=1S/C12H22N2O2/c1-8-5-13-7-10(8)12(16)14-6-9-3-2-4-11(9)15/h8-11,13,15H,2-7H2,1H3,(H,14,16). The van der Waals surface area contributed by atoms with Gasteiger partial charge in [0.15, 0.2) is 0 Å². The Bertz CT molecular complexity index is 257. The Labute approximate surface area is 96.8 Å². The average molecular weight is 226 g/mol. The number of aliphatic hydroxyl groups excluding tert-OH is 1. The first kappa shape index (κ1) is 11.9. The van der Waals surface area contributed by atoms with E-state index in [9.17, 15) is 9.90 Å². The van der Waals surface area contributed by atoms with Gasteiger partial charge < -0.3 is 15.7 Å². The van der Waals surface area contributed by atoms with Gasteiger partial charge in [-0.05, 0) is 25.3 Å². The molecule has 0 aromatic heterocycles. The van der Waals surface area contributed by atoms with E-state index in [0.29, 0.717) is 12.5 Å². The molecule has 2 aliphatic rings.